The average molecular weight is 342 g/mol. The Bertz CT molecular complexity index is 667. The lowest BCUT2D eigenvalue weighted by molar-refractivity contribution is -0.129. The maximum atomic E-state index is 12.3. The van der Waals surface area contributed by atoms with Gasteiger partial charge in [-0.2, -0.15) is 5.26 Å². The van der Waals surface area contributed by atoms with E-state index >= 15 is 0 Å². The molecule has 2 aliphatic rings. The molecule has 0 aromatic carbocycles. The Morgan fingerprint density at radius 1 is 1.12 bits per heavy atom. The molecule has 0 bridgehead atoms. The zero-order chi connectivity index (χ0) is 17.6. The first kappa shape index (κ1) is 17.3. The summed E-state index contributed by atoms with van der Waals surface area (Å²) in [7, 11) is 0. The molecule has 0 unspecified atom stereocenters. The molecule has 0 radical (unpaired) electrons. The molecule has 7 heteroatoms. The second-order valence-electron chi connectivity index (χ2n) is 6.73. The molecule has 2 saturated carbocycles. The van der Waals surface area contributed by atoms with E-state index in [0.29, 0.717) is 25.7 Å². The Balaban J connectivity index is 1.45. The molecule has 132 valence electrons. The van der Waals surface area contributed by atoms with Crippen molar-refractivity contribution < 1.29 is 14.3 Å². The first-order chi connectivity index (χ1) is 12.2. The minimum atomic E-state index is -0.0237. The molecule has 25 heavy (non-hydrogen) atoms. The molecule has 2 fully saturated rings. The quantitative estimate of drug-likeness (QED) is 0.896. The van der Waals surface area contributed by atoms with Gasteiger partial charge in [-0.3, -0.25) is 9.59 Å². The number of amides is 1. The number of carbonyl (C=O) groups excluding carboxylic acids is 2. The van der Waals surface area contributed by atoms with E-state index in [4.69, 9.17) is 10.00 Å². The monoisotopic (exact) mass is 342 g/mol. The molecular formula is C18H22N4O3. The summed E-state index contributed by atoms with van der Waals surface area (Å²) in [6.45, 7) is 0. The summed E-state index contributed by atoms with van der Waals surface area (Å²) < 4.78 is 5.81. The van der Waals surface area contributed by atoms with E-state index in [1.165, 1.54) is 12.4 Å². The molecule has 0 saturated heterocycles. The van der Waals surface area contributed by atoms with Crippen molar-refractivity contribution in [3.8, 4) is 11.9 Å². The Labute approximate surface area is 146 Å². The highest BCUT2D eigenvalue weighted by Crippen LogP contribution is 2.26. The lowest BCUT2D eigenvalue weighted by Gasteiger charge is -2.30. The van der Waals surface area contributed by atoms with Crippen LogP contribution in [0.15, 0.2) is 12.4 Å². The average Bonchev–Trinajstić information content (AvgIpc) is 2.64. The van der Waals surface area contributed by atoms with Crippen molar-refractivity contribution in [1.29, 1.82) is 5.26 Å². The van der Waals surface area contributed by atoms with E-state index in [2.05, 4.69) is 15.3 Å². The fraction of sp³-hybridized carbons (Fsp3) is 0.611. The summed E-state index contributed by atoms with van der Waals surface area (Å²) in [5.41, 5.74) is 0.199. The van der Waals surface area contributed by atoms with Crippen molar-refractivity contribution in [2.24, 2.45) is 5.92 Å². The van der Waals surface area contributed by atoms with E-state index in [0.717, 1.165) is 25.7 Å². The number of hydrogen-bond acceptors (Lipinski definition) is 6. The molecule has 1 heterocycles. The van der Waals surface area contributed by atoms with Crippen molar-refractivity contribution in [2.75, 3.05) is 0 Å². The van der Waals surface area contributed by atoms with Crippen molar-refractivity contribution in [3.63, 3.8) is 0 Å². The molecular weight excluding hydrogens is 320 g/mol. The molecule has 2 aliphatic carbocycles. The summed E-state index contributed by atoms with van der Waals surface area (Å²) in [6, 6.07) is 2.13. The normalized spacial score (nSPS) is 24.4. The lowest BCUT2D eigenvalue weighted by Crippen LogP contribution is -2.43. The largest absolute Gasteiger partial charge is 0.472 e. The van der Waals surface area contributed by atoms with Gasteiger partial charge in [0.2, 0.25) is 11.6 Å². The van der Waals surface area contributed by atoms with Gasteiger partial charge in [0.05, 0.1) is 0 Å². The van der Waals surface area contributed by atoms with Crippen LogP contribution in [0, 0.1) is 17.2 Å². The molecule has 1 aromatic rings. The van der Waals surface area contributed by atoms with E-state index in [1.54, 1.807) is 0 Å². The maximum absolute atomic E-state index is 12.3. The van der Waals surface area contributed by atoms with Crippen LogP contribution in [0.1, 0.15) is 57.1 Å². The van der Waals surface area contributed by atoms with Gasteiger partial charge in [-0.05, 0) is 38.5 Å². The summed E-state index contributed by atoms with van der Waals surface area (Å²) >= 11 is 0. The third-order valence-electron chi connectivity index (χ3n) is 4.98. The first-order valence-corrected chi connectivity index (χ1v) is 8.85. The van der Waals surface area contributed by atoms with Crippen molar-refractivity contribution in [2.45, 2.75) is 63.5 Å². The zero-order valence-electron chi connectivity index (χ0n) is 14.1. The molecule has 1 amide bonds. The van der Waals surface area contributed by atoms with Gasteiger partial charge in [-0.25, -0.2) is 9.97 Å². The smallest absolute Gasteiger partial charge is 0.251 e. The maximum Gasteiger partial charge on any atom is 0.251 e. The van der Waals surface area contributed by atoms with E-state index in [-0.39, 0.29) is 41.3 Å². The van der Waals surface area contributed by atoms with Gasteiger partial charge < -0.3 is 10.1 Å². The lowest BCUT2D eigenvalue weighted by atomic mass is 9.86. The van der Waals surface area contributed by atoms with Gasteiger partial charge in [0.25, 0.3) is 5.88 Å². The number of nitriles is 1. The summed E-state index contributed by atoms with van der Waals surface area (Å²) in [5, 5.41) is 12.2. The van der Waals surface area contributed by atoms with Gasteiger partial charge in [-0.15, -0.1) is 0 Å². The SMILES string of the molecule is N#Cc1nccnc1OC1CCC(NC(=O)C2CCC(=O)CC2)CC1. The third-order valence-corrected chi connectivity index (χ3v) is 4.98. The number of rotatable bonds is 4. The second kappa shape index (κ2) is 8.06. The summed E-state index contributed by atoms with van der Waals surface area (Å²) in [6.07, 6.45) is 8.65. The standard InChI is InChI=1S/C18H22N4O3/c19-11-16-18(21-10-9-20-16)25-15-7-3-13(4-8-15)22-17(24)12-1-5-14(23)6-2-12/h9-10,12-13,15H,1-8H2,(H,22,24). The Hall–Kier alpha value is -2.49. The summed E-state index contributed by atoms with van der Waals surface area (Å²) in [5.74, 6) is 0.605. The Kier molecular flexibility index (Phi) is 5.59. The van der Waals surface area contributed by atoms with Crippen LogP contribution in [0.2, 0.25) is 0 Å². The van der Waals surface area contributed by atoms with Gasteiger partial charge in [0.1, 0.15) is 18.0 Å². The third kappa shape index (κ3) is 4.53. The molecule has 7 nitrogen and oxygen atoms in total. The van der Waals surface area contributed by atoms with Crippen LogP contribution in [0.5, 0.6) is 5.88 Å². The van der Waals surface area contributed by atoms with Gasteiger partial charge in [0.15, 0.2) is 0 Å². The van der Waals surface area contributed by atoms with Crippen LogP contribution in [-0.4, -0.2) is 33.8 Å². The highest BCUT2D eigenvalue weighted by Gasteiger charge is 2.29. The number of aromatic nitrogens is 2. The highest BCUT2D eigenvalue weighted by atomic mass is 16.5. The molecule has 0 aliphatic heterocycles. The fourth-order valence-corrected chi connectivity index (χ4v) is 3.49. The van der Waals surface area contributed by atoms with Crippen LogP contribution < -0.4 is 10.1 Å². The fourth-order valence-electron chi connectivity index (χ4n) is 3.49. The van der Waals surface area contributed by atoms with E-state index in [1.807, 2.05) is 6.07 Å². The predicted molar refractivity (Wildman–Crippen MR) is 88.5 cm³/mol. The van der Waals surface area contributed by atoms with Crippen molar-refractivity contribution >= 4 is 11.7 Å². The summed E-state index contributed by atoms with van der Waals surface area (Å²) in [4.78, 5) is 31.6. The molecule has 3 rings (SSSR count). The van der Waals surface area contributed by atoms with Crippen LogP contribution in [0.3, 0.4) is 0 Å². The minimum absolute atomic E-state index is 0.00995. The van der Waals surface area contributed by atoms with Crippen LogP contribution in [0.4, 0.5) is 0 Å². The Morgan fingerprint density at radius 3 is 2.48 bits per heavy atom. The number of nitrogens with zero attached hydrogens (tertiary/aromatic N) is 3. The number of carbonyl (C=O) groups is 2. The van der Waals surface area contributed by atoms with Gasteiger partial charge >= 0.3 is 0 Å². The van der Waals surface area contributed by atoms with Gasteiger partial charge in [0, 0.05) is 37.2 Å². The first-order valence-electron chi connectivity index (χ1n) is 8.85. The molecule has 1 aromatic heterocycles. The van der Waals surface area contributed by atoms with Crippen LogP contribution in [-0.2, 0) is 9.59 Å². The number of nitrogens with one attached hydrogen (secondary N) is 1. The Morgan fingerprint density at radius 2 is 1.80 bits per heavy atom. The molecule has 0 spiro atoms. The predicted octanol–water partition coefficient (Wildman–Crippen LogP) is 1.91. The van der Waals surface area contributed by atoms with Crippen LogP contribution in [0.25, 0.3) is 0 Å². The van der Waals surface area contributed by atoms with Crippen molar-refractivity contribution in [3.05, 3.63) is 18.1 Å². The molecule has 0 atom stereocenters. The molecule has 1 N–H and O–H groups in total. The number of ether oxygens (including phenoxy) is 1. The van der Waals surface area contributed by atoms with Gasteiger partial charge in [-0.1, -0.05) is 0 Å². The second-order valence-corrected chi connectivity index (χ2v) is 6.73. The number of ketones is 1. The minimum Gasteiger partial charge on any atom is -0.472 e. The van der Waals surface area contributed by atoms with E-state index in [9.17, 15) is 9.59 Å². The van der Waals surface area contributed by atoms with Crippen molar-refractivity contribution in [1.82, 2.24) is 15.3 Å². The topological polar surface area (TPSA) is 105 Å². The number of Topliss-reactive ketones (excluding diaryl/α,β-unsaturated/α-hetero) is 1. The number of hydrogen-bond donors (Lipinski definition) is 1. The zero-order valence-corrected chi connectivity index (χ0v) is 14.1. The van der Waals surface area contributed by atoms with Crippen LogP contribution >= 0.6 is 0 Å². The van der Waals surface area contributed by atoms with E-state index < -0.39 is 0 Å². The highest BCUT2D eigenvalue weighted by molar-refractivity contribution is 5.84.